The fourth-order valence-electron chi connectivity index (χ4n) is 3.33. The number of benzene rings is 1. The van der Waals surface area contributed by atoms with Crippen LogP contribution in [0.3, 0.4) is 0 Å². The molecule has 1 saturated heterocycles. The maximum Gasteiger partial charge on any atom is 0.279 e. The van der Waals surface area contributed by atoms with Crippen molar-refractivity contribution in [1.29, 1.82) is 0 Å². The van der Waals surface area contributed by atoms with E-state index in [1.807, 2.05) is 19.2 Å². The summed E-state index contributed by atoms with van der Waals surface area (Å²) in [5, 5.41) is 8.94. The number of ether oxygens (including phenoxy) is 1. The van der Waals surface area contributed by atoms with Crippen LogP contribution >= 0.6 is 0 Å². The second-order valence-electron chi connectivity index (χ2n) is 6.41. The highest BCUT2D eigenvalue weighted by Crippen LogP contribution is 2.20. The van der Waals surface area contributed by atoms with E-state index in [0.717, 1.165) is 30.7 Å². The van der Waals surface area contributed by atoms with Gasteiger partial charge in [0.1, 0.15) is 11.6 Å². The number of likely N-dealkylation sites (N-methyl/N-ethyl adjacent to an activating group) is 1. The number of aromatic nitrogens is 3. The van der Waals surface area contributed by atoms with Crippen LogP contribution in [0.15, 0.2) is 47.5 Å². The fourth-order valence-corrected chi connectivity index (χ4v) is 3.33. The second-order valence-corrected chi connectivity index (χ2v) is 6.41. The van der Waals surface area contributed by atoms with E-state index in [9.17, 15) is 4.79 Å². The lowest BCUT2D eigenvalue weighted by Gasteiger charge is -2.17. The second kappa shape index (κ2) is 6.76. The van der Waals surface area contributed by atoms with Crippen LogP contribution in [-0.4, -0.2) is 48.1 Å². The molecule has 0 bridgehead atoms. The molecular weight excluding hydrogens is 330 g/mol. The molecule has 0 unspecified atom stereocenters. The molecule has 4 rings (SSSR count). The summed E-state index contributed by atoms with van der Waals surface area (Å²) in [4.78, 5) is 19.5. The van der Waals surface area contributed by atoms with Gasteiger partial charge in [-0.05, 0) is 43.8 Å². The molecule has 2 aromatic heterocycles. The van der Waals surface area contributed by atoms with Crippen molar-refractivity contribution in [1.82, 2.24) is 20.1 Å². The molecule has 7 nitrogen and oxygen atoms in total. The first-order valence-corrected chi connectivity index (χ1v) is 8.64. The number of rotatable bonds is 4. The molecule has 0 spiro atoms. The first kappa shape index (κ1) is 16.5. The van der Waals surface area contributed by atoms with Crippen molar-refractivity contribution in [3.63, 3.8) is 0 Å². The summed E-state index contributed by atoms with van der Waals surface area (Å²) < 4.78 is 6.58. The molecule has 26 heavy (non-hydrogen) atoms. The van der Waals surface area contributed by atoms with E-state index < -0.39 is 0 Å². The first-order chi connectivity index (χ1) is 12.7. The van der Waals surface area contributed by atoms with Crippen LogP contribution in [0.5, 0.6) is 5.75 Å². The van der Waals surface area contributed by atoms with Gasteiger partial charge in [0.2, 0.25) is 0 Å². The van der Waals surface area contributed by atoms with Crippen LogP contribution in [0.1, 0.15) is 6.42 Å². The van der Waals surface area contributed by atoms with Gasteiger partial charge >= 0.3 is 0 Å². The van der Waals surface area contributed by atoms with Gasteiger partial charge in [-0.15, -0.1) is 0 Å². The summed E-state index contributed by atoms with van der Waals surface area (Å²) in [6, 6.07) is 9.68. The average molecular weight is 351 g/mol. The van der Waals surface area contributed by atoms with E-state index in [4.69, 9.17) is 4.74 Å². The van der Waals surface area contributed by atoms with Crippen LogP contribution in [0.4, 0.5) is 5.82 Å². The minimum Gasteiger partial charge on any atom is -0.497 e. The average Bonchev–Trinajstić information content (AvgIpc) is 3.17. The van der Waals surface area contributed by atoms with Crippen molar-refractivity contribution in [2.24, 2.45) is 0 Å². The number of anilines is 1. The Balaban J connectivity index is 1.65. The molecule has 1 aliphatic rings. The number of fused-ring (bicyclic) bond motifs is 1. The summed E-state index contributed by atoms with van der Waals surface area (Å²) in [5.74, 6) is 1.62. The third-order valence-corrected chi connectivity index (χ3v) is 4.89. The minimum atomic E-state index is -0.170. The molecule has 1 N–H and O–H groups in total. The first-order valence-electron chi connectivity index (χ1n) is 8.64. The Bertz CT molecular complexity index is 983. The van der Waals surface area contributed by atoms with Crippen molar-refractivity contribution in [3.05, 3.63) is 53.1 Å². The van der Waals surface area contributed by atoms with Gasteiger partial charge in [-0.3, -0.25) is 4.79 Å². The van der Waals surface area contributed by atoms with E-state index in [0.29, 0.717) is 22.9 Å². The molecule has 3 heterocycles. The number of methoxy groups -OCH3 is 1. The van der Waals surface area contributed by atoms with Crippen LogP contribution < -0.4 is 20.5 Å². The van der Waals surface area contributed by atoms with Crippen molar-refractivity contribution in [2.75, 3.05) is 32.1 Å². The highest BCUT2D eigenvalue weighted by molar-refractivity contribution is 5.82. The number of nitrogens with zero attached hydrogens (tertiary/aromatic N) is 4. The van der Waals surface area contributed by atoms with Gasteiger partial charge in [-0.25, -0.2) is 4.98 Å². The third kappa shape index (κ3) is 2.90. The quantitative estimate of drug-likeness (QED) is 0.770. The Kier molecular flexibility index (Phi) is 4.30. The molecule has 0 saturated carbocycles. The standard InChI is InChI=1S/C19H21N5O2/c1-20-14-7-8-23(12-14)18-6-3-15(11-21-18)24-19(25)17-5-4-16(26-2)9-13(17)10-22-24/h3-6,9-11,14,20H,7-8,12H2,1-2H3/t14-/m1/s1. The molecule has 7 heteroatoms. The molecule has 134 valence electrons. The van der Waals surface area contributed by atoms with Crippen LogP contribution in [0.2, 0.25) is 0 Å². The topological polar surface area (TPSA) is 72.3 Å². The van der Waals surface area contributed by atoms with Crippen LogP contribution in [0.25, 0.3) is 16.5 Å². The lowest BCUT2D eigenvalue weighted by molar-refractivity contribution is 0.415. The summed E-state index contributed by atoms with van der Waals surface area (Å²) in [5.41, 5.74) is 0.483. The zero-order chi connectivity index (χ0) is 18.1. The third-order valence-electron chi connectivity index (χ3n) is 4.89. The highest BCUT2D eigenvalue weighted by atomic mass is 16.5. The molecular formula is C19H21N5O2. The van der Waals surface area contributed by atoms with Gasteiger partial charge in [-0.1, -0.05) is 0 Å². The lowest BCUT2D eigenvalue weighted by Crippen LogP contribution is -2.29. The van der Waals surface area contributed by atoms with Crippen molar-refractivity contribution < 1.29 is 4.74 Å². The molecule has 0 amide bonds. The monoisotopic (exact) mass is 351 g/mol. The van der Waals surface area contributed by atoms with Gasteiger partial charge in [0, 0.05) is 24.5 Å². The normalized spacial score (nSPS) is 17.0. The van der Waals surface area contributed by atoms with Crippen molar-refractivity contribution in [2.45, 2.75) is 12.5 Å². The van der Waals surface area contributed by atoms with Gasteiger partial charge in [0.05, 0.1) is 30.6 Å². The largest absolute Gasteiger partial charge is 0.497 e. The predicted octanol–water partition coefficient (Wildman–Crippen LogP) is 1.59. The molecule has 1 aromatic carbocycles. The predicted molar refractivity (Wildman–Crippen MR) is 101 cm³/mol. The van der Waals surface area contributed by atoms with Gasteiger partial charge in [0.15, 0.2) is 0 Å². The lowest BCUT2D eigenvalue weighted by atomic mass is 10.2. The Labute approximate surface area is 151 Å². The van der Waals surface area contributed by atoms with E-state index in [1.165, 1.54) is 4.68 Å². The van der Waals surface area contributed by atoms with Crippen molar-refractivity contribution in [3.8, 4) is 11.4 Å². The zero-order valence-corrected chi connectivity index (χ0v) is 14.8. The smallest absolute Gasteiger partial charge is 0.279 e. The van der Waals surface area contributed by atoms with E-state index in [1.54, 1.807) is 37.7 Å². The molecule has 1 atom stereocenters. The molecule has 0 radical (unpaired) electrons. The van der Waals surface area contributed by atoms with Gasteiger partial charge in [0.25, 0.3) is 5.56 Å². The molecule has 1 aliphatic heterocycles. The zero-order valence-electron chi connectivity index (χ0n) is 14.8. The highest BCUT2D eigenvalue weighted by Gasteiger charge is 2.21. The fraction of sp³-hybridized carbons (Fsp3) is 0.316. The van der Waals surface area contributed by atoms with E-state index >= 15 is 0 Å². The Morgan fingerprint density at radius 3 is 2.81 bits per heavy atom. The maximum absolute atomic E-state index is 12.8. The summed E-state index contributed by atoms with van der Waals surface area (Å²) in [7, 11) is 3.58. The Hall–Kier alpha value is -2.93. The summed E-state index contributed by atoms with van der Waals surface area (Å²) in [6.45, 7) is 1.92. The number of pyridine rings is 1. The van der Waals surface area contributed by atoms with Crippen LogP contribution in [0, 0.1) is 0 Å². The molecule has 0 aliphatic carbocycles. The maximum atomic E-state index is 12.8. The van der Waals surface area contributed by atoms with Crippen molar-refractivity contribution >= 4 is 16.6 Å². The summed E-state index contributed by atoms with van der Waals surface area (Å²) >= 11 is 0. The number of hydrogen-bond acceptors (Lipinski definition) is 6. The van der Waals surface area contributed by atoms with Gasteiger partial charge in [-0.2, -0.15) is 9.78 Å². The minimum absolute atomic E-state index is 0.170. The Morgan fingerprint density at radius 2 is 2.12 bits per heavy atom. The molecule has 3 aromatic rings. The van der Waals surface area contributed by atoms with Crippen LogP contribution in [-0.2, 0) is 0 Å². The summed E-state index contributed by atoms with van der Waals surface area (Å²) in [6.07, 6.45) is 4.48. The van der Waals surface area contributed by atoms with E-state index in [-0.39, 0.29) is 5.56 Å². The SMILES string of the molecule is CN[C@@H]1CCN(c2ccc(-n3ncc4cc(OC)ccc4c3=O)cn2)C1. The van der Waals surface area contributed by atoms with Gasteiger partial charge < -0.3 is 15.0 Å². The molecule has 1 fully saturated rings. The van der Waals surface area contributed by atoms with E-state index in [2.05, 4.69) is 20.3 Å². The Morgan fingerprint density at radius 1 is 1.23 bits per heavy atom. The number of nitrogens with one attached hydrogen (secondary N) is 1. The number of hydrogen-bond donors (Lipinski definition) is 1.